The molecule has 0 spiro atoms. The van der Waals surface area contributed by atoms with Gasteiger partial charge < -0.3 is 30.2 Å². The molecule has 8 heteroatoms. The number of hydrogen-bond acceptors (Lipinski definition) is 6. The van der Waals surface area contributed by atoms with E-state index < -0.39 is 0 Å². The fourth-order valence-corrected chi connectivity index (χ4v) is 4.13. The molecule has 0 unspecified atom stereocenters. The van der Waals surface area contributed by atoms with E-state index in [1.54, 1.807) is 13.2 Å². The molecule has 2 aromatic carbocycles. The van der Waals surface area contributed by atoms with Crippen molar-refractivity contribution in [3.8, 4) is 17.1 Å². The number of nitrogens with two attached hydrogens (primary N) is 1. The number of benzene rings is 2. The Morgan fingerprint density at radius 2 is 1.87 bits per heavy atom. The Labute approximate surface area is 173 Å². The Morgan fingerprint density at radius 3 is 2.63 bits per heavy atom. The van der Waals surface area contributed by atoms with Crippen molar-refractivity contribution in [2.75, 3.05) is 51.0 Å². The van der Waals surface area contributed by atoms with Crippen LogP contribution in [-0.4, -0.2) is 60.2 Å². The van der Waals surface area contributed by atoms with Gasteiger partial charge in [-0.15, -0.1) is 0 Å². The topological polar surface area (TPSA) is 103 Å². The van der Waals surface area contributed by atoms with Gasteiger partial charge in [0.15, 0.2) is 0 Å². The summed E-state index contributed by atoms with van der Waals surface area (Å²) in [6.07, 6.45) is 0. The minimum atomic E-state index is -0.286. The van der Waals surface area contributed by atoms with Gasteiger partial charge >= 0.3 is 0 Å². The number of hydrogen-bond donors (Lipinski definition) is 3. The maximum atomic E-state index is 12.8. The molecule has 1 aliphatic rings. The predicted octanol–water partition coefficient (Wildman–Crippen LogP) is 2.41. The van der Waals surface area contributed by atoms with Gasteiger partial charge in [-0.3, -0.25) is 4.79 Å². The van der Waals surface area contributed by atoms with Crippen LogP contribution in [0, 0.1) is 0 Å². The number of nitrogens with zero attached hydrogens (tertiary/aromatic N) is 3. The molecular formula is C22H24N6O2. The van der Waals surface area contributed by atoms with Crippen LogP contribution in [0.5, 0.6) is 5.75 Å². The summed E-state index contributed by atoms with van der Waals surface area (Å²) in [7, 11) is 3.72. The first kappa shape index (κ1) is 18.5. The van der Waals surface area contributed by atoms with Crippen LogP contribution in [0.4, 0.5) is 11.4 Å². The van der Waals surface area contributed by atoms with Crippen LogP contribution in [0.2, 0.25) is 0 Å². The van der Waals surface area contributed by atoms with Crippen LogP contribution < -0.4 is 20.9 Å². The maximum absolute atomic E-state index is 12.8. The molecule has 2 aromatic heterocycles. The molecule has 0 atom stereocenters. The summed E-state index contributed by atoms with van der Waals surface area (Å²) in [6, 6.07) is 11.6. The van der Waals surface area contributed by atoms with E-state index >= 15 is 0 Å². The van der Waals surface area contributed by atoms with Crippen LogP contribution in [0.25, 0.3) is 33.3 Å². The van der Waals surface area contributed by atoms with E-state index in [-0.39, 0.29) is 5.56 Å². The molecular weight excluding hydrogens is 380 g/mol. The van der Waals surface area contributed by atoms with Crippen LogP contribution >= 0.6 is 0 Å². The predicted molar refractivity (Wildman–Crippen MR) is 120 cm³/mol. The zero-order valence-corrected chi connectivity index (χ0v) is 17.0. The quantitative estimate of drug-likeness (QED) is 0.485. The fraction of sp³-hybridized carbons (Fsp3) is 0.273. The summed E-state index contributed by atoms with van der Waals surface area (Å²) in [6.45, 7) is 4.05. The molecule has 1 saturated heterocycles. The van der Waals surface area contributed by atoms with E-state index in [4.69, 9.17) is 10.5 Å². The molecule has 0 amide bonds. The van der Waals surface area contributed by atoms with Gasteiger partial charge in [0.2, 0.25) is 0 Å². The van der Waals surface area contributed by atoms with Crippen molar-refractivity contribution < 1.29 is 4.74 Å². The van der Waals surface area contributed by atoms with E-state index in [1.807, 2.05) is 18.2 Å². The first-order valence-corrected chi connectivity index (χ1v) is 9.97. The number of nitrogen functional groups attached to an aromatic ring is 1. The zero-order valence-electron chi connectivity index (χ0n) is 17.0. The van der Waals surface area contributed by atoms with Gasteiger partial charge in [0, 0.05) is 31.9 Å². The molecule has 1 aliphatic heterocycles. The van der Waals surface area contributed by atoms with Crippen molar-refractivity contribution in [1.82, 2.24) is 19.9 Å². The van der Waals surface area contributed by atoms with Gasteiger partial charge in [-0.25, -0.2) is 4.98 Å². The summed E-state index contributed by atoms with van der Waals surface area (Å²) in [5.74, 6) is 1.06. The van der Waals surface area contributed by atoms with Gasteiger partial charge in [0.1, 0.15) is 17.1 Å². The van der Waals surface area contributed by atoms with Crippen molar-refractivity contribution in [3.05, 3.63) is 46.8 Å². The number of aromatic amines is 2. The van der Waals surface area contributed by atoms with Crippen LogP contribution in [0.3, 0.4) is 0 Å². The van der Waals surface area contributed by atoms with E-state index in [0.29, 0.717) is 33.7 Å². The fourth-order valence-electron chi connectivity index (χ4n) is 4.13. The number of methoxy groups -OCH3 is 1. The summed E-state index contributed by atoms with van der Waals surface area (Å²) < 4.78 is 5.45. The molecule has 5 rings (SSSR count). The Balaban J connectivity index is 1.61. The van der Waals surface area contributed by atoms with Gasteiger partial charge in [-0.2, -0.15) is 0 Å². The number of anilines is 2. The highest BCUT2D eigenvalue weighted by Crippen LogP contribution is 2.34. The molecule has 0 bridgehead atoms. The lowest BCUT2D eigenvalue weighted by molar-refractivity contribution is 0.313. The summed E-state index contributed by atoms with van der Waals surface area (Å²) in [4.78, 5) is 28.3. The summed E-state index contributed by atoms with van der Waals surface area (Å²) in [5.41, 5.74) is 10.3. The highest BCUT2D eigenvalue weighted by Gasteiger charge is 2.19. The first-order valence-electron chi connectivity index (χ1n) is 9.97. The number of piperazine rings is 1. The first-order chi connectivity index (χ1) is 14.5. The second kappa shape index (κ2) is 7.07. The number of H-pyrrole nitrogens is 2. The minimum absolute atomic E-state index is 0.286. The van der Waals surface area contributed by atoms with Crippen molar-refractivity contribution >= 4 is 33.3 Å². The molecule has 0 saturated carbocycles. The van der Waals surface area contributed by atoms with E-state index in [0.717, 1.165) is 42.9 Å². The van der Waals surface area contributed by atoms with Crippen molar-refractivity contribution in [2.45, 2.75) is 0 Å². The van der Waals surface area contributed by atoms with Gasteiger partial charge in [-0.1, -0.05) is 6.07 Å². The maximum Gasteiger partial charge on any atom is 0.261 e. The Kier molecular flexibility index (Phi) is 4.36. The normalized spacial score (nSPS) is 15.2. The molecule has 4 N–H and O–H groups in total. The summed E-state index contributed by atoms with van der Waals surface area (Å²) in [5, 5.41) is 0.674. The SMILES string of the molecule is COc1cccc2[nH]c(=O)c(-c3nc4ccc(N5CCN(C)CC5)cc4[nH]3)c(N)c12. The zero-order chi connectivity index (χ0) is 20.8. The second-order valence-corrected chi connectivity index (χ2v) is 7.70. The molecule has 30 heavy (non-hydrogen) atoms. The number of rotatable bonds is 3. The van der Waals surface area contributed by atoms with Gasteiger partial charge in [0.25, 0.3) is 5.56 Å². The average Bonchev–Trinajstić information content (AvgIpc) is 3.16. The standard InChI is InChI=1S/C22H24N6O2/c1-27-8-10-28(11-9-27)13-6-7-14-16(12-13)25-21(24-14)19-20(23)18-15(26-22(19)29)4-3-5-17(18)30-2/h3-7,12H,8-11H2,1-2H3,(H,24,25)(H3,23,26,29). The smallest absolute Gasteiger partial charge is 0.261 e. The van der Waals surface area contributed by atoms with Crippen LogP contribution in [-0.2, 0) is 0 Å². The molecule has 0 radical (unpaired) electrons. The number of fused-ring (bicyclic) bond motifs is 2. The number of likely N-dealkylation sites (N-methyl/N-ethyl adjacent to an activating group) is 1. The monoisotopic (exact) mass is 404 g/mol. The van der Waals surface area contributed by atoms with Crippen molar-refractivity contribution in [2.24, 2.45) is 0 Å². The number of imidazole rings is 1. The number of nitrogens with one attached hydrogen (secondary N) is 2. The Hall–Kier alpha value is -3.52. The molecule has 4 aromatic rings. The third kappa shape index (κ3) is 2.96. The van der Waals surface area contributed by atoms with E-state index in [2.05, 4.69) is 43.9 Å². The number of aromatic nitrogens is 3. The second-order valence-electron chi connectivity index (χ2n) is 7.70. The van der Waals surface area contributed by atoms with Crippen LogP contribution in [0.1, 0.15) is 0 Å². The molecule has 8 nitrogen and oxygen atoms in total. The van der Waals surface area contributed by atoms with E-state index in [1.165, 1.54) is 0 Å². The average molecular weight is 404 g/mol. The largest absolute Gasteiger partial charge is 0.496 e. The molecule has 3 heterocycles. The van der Waals surface area contributed by atoms with Gasteiger partial charge in [-0.05, 0) is 37.4 Å². The minimum Gasteiger partial charge on any atom is -0.496 e. The third-order valence-corrected chi connectivity index (χ3v) is 5.83. The molecule has 1 fully saturated rings. The van der Waals surface area contributed by atoms with Gasteiger partial charge in [0.05, 0.1) is 34.7 Å². The Morgan fingerprint density at radius 1 is 1.07 bits per heavy atom. The lowest BCUT2D eigenvalue weighted by Crippen LogP contribution is -2.44. The third-order valence-electron chi connectivity index (χ3n) is 5.83. The van der Waals surface area contributed by atoms with Crippen molar-refractivity contribution in [3.63, 3.8) is 0 Å². The van der Waals surface area contributed by atoms with E-state index in [9.17, 15) is 4.79 Å². The lowest BCUT2D eigenvalue weighted by atomic mass is 10.1. The highest BCUT2D eigenvalue weighted by atomic mass is 16.5. The number of pyridine rings is 1. The lowest BCUT2D eigenvalue weighted by Gasteiger charge is -2.34. The number of ether oxygens (including phenoxy) is 1. The van der Waals surface area contributed by atoms with Crippen LogP contribution in [0.15, 0.2) is 41.2 Å². The molecule has 154 valence electrons. The molecule has 0 aliphatic carbocycles. The highest BCUT2D eigenvalue weighted by molar-refractivity contribution is 6.01. The summed E-state index contributed by atoms with van der Waals surface area (Å²) >= 11 is 0. The Bertz CT molecular complexity index is 1300. The van der Waals surface area contributed by atoms with Crippen molar-refractivity contribution in [1.29, 1.82) is 0 Å².